The number of aromatic nitrogens is 1. The number of aliphatic hydroxyl groups excluding tert-OH is 1. The van der Waals surface area contributed by atoms with Gasteiger partial charge < -0.3 is 19.3 Å². The van der Waals surface area contributed by atoms with Crippen molar-refractivity contribution in [1.82, 2.24) is 9.47 Å². The number of rotatable bonds is 3. The summed E-state index contributed by atoms with van der Waals surface area (Å²) < 4.78 is 7.90. The van der Waals surface area contributed by atoms with Crippen molar-refractivity contribution in [2.75, 3.05) is 26.3 Å². The Bertz CT molecular complexity index is 1060. The fourth-order valence-electron chi connectivity index (χ4n) is 4.81. The van der Waals surface area contributed by atoms with Crippen molar-refractivity contribution in [3.8, 4) is 17.0 Å². The molecule has 2 unspecified atom stereocenters. The van der Waals surface area contributed by atoms with Crippen LogP contribution in [-0.4, -0.2) is 46.8 Å². The lowest BCUT2D eigenvalue weighted by atomic mass is 9.74. The average Bonchev–Trinajstić information content (AvgIpc) is 3.35. The van der Waals surface area contributed by atoms with Crippen LogP contribution in [0.3, 0.4) is 0 Å². The largest absolute Gasteiger partial charge is 0.493 e. The molecule has 0 aliphatic carbocycles. The highest BCUT2D eigenvalue weighted by atomic mass is 16.5. The smallest absolute Gasteiger partial charge is 0.270 e. The first-order valence-electron chi connectivity index (χ1n) is 9.96. The van der Waals surface area contributed by atoms with Gasteiger partial charge in [0.15, 0.2) is 0 Å². The molecule has 0 spiro atoms. The first kappa shape index (κ1) is 18.0. The van der Waals surface area contributed by atoms with Crippen LogP contribution in [0.1, 0.15) is 22.0 Å². The fraction of sp³-hybridized carbons (Fsp3) is 0.292. The molecule has 2 aliphatic heterocycles. The van der Waals surface area contributed by atoms with Crippen molar-refractivity contribution < 1.29 is 14.6 Å². The van der Waals surface area contributed by atoms with Crippen LogP contribution >= 0.6 is 0 Å². The number of hydrogen-bond donors (Lipinski definition) is 1. The summed E-state index contributed by atoms with van der Waals surface area (Å²) in [6, 6.07) is 21.9. The van der Waals surface area contributed by atoms with Crippen LogP contribution in [0, 0.1) is 5.41 Å². The molecule has 0 bridgehead atoms. The maximum Gasteiger partial charge on any atom is 0.270 e. The summed E-state index contributed by atoms with van der Waals surface area (Å²) in [5.41, 5.74) is 3.39. The van der Waals surface area contributed by atoms with E-state index in [9.17, 15) is 9.90 Å². The van der Waals surface area contributed by atoms with Crippen molar-refractivity contribution in [1.29, 1.82) is 0 Å². The molecule has 29 heavy (non-hydrogen) atoms. The summed E-state index contributed by atoms with van der Waals surface area (Å²) in [4.78, 5) is 15.3. The van der Waals surface area contributed by atoms with Gasteiger partial charge in [0, 0.05) is 31.7 Å². The van der Waals surface area contributed by atoms with E-state index in [-0.39, 0.29) is 18.4 Å². The van der Waals surface area contributed by atoms with Crippen LogP contribution in [0.15, 0.2) is 66.7 Å². The third kappa shape index (κ3) is 2.76. The van der Waals surface area contributed by atoms with Gasteiger partial charge in [0.25, 0.3) is 5.91 Å². The molecular weight excluding hydrogens is 364 g/mol. The van der Waals surface area contributed by atoms with Gasteiger partial charge in [-0.2, -0.15) is 0 Å². The molecule has 1 N–H and O–H groups in total. The third-order valence-corrected chi connectivity index (χ3v) is 6.47. The molecule has 1 aromatic heterocycles. The third-order valence-electron chi connectivity index (χ3n) is 6.47. The summed E-state index contributed by atoms with van der Waals surface area (Å²) in [6.45, 7) is 1.51. The van der Waals surface area contributed by atoms with Gasteiger partial charge in [-0.25, -0.2) is 0 Å². The molecule has 3 heterocycles. The molecule has 1 fully saturated rings. The molecule has 5 heteroatoms. The lowest BCUT2D eigenvalue weighted by Crippen LogP contribution is -2.42. The van der Waals surface area contributed by atoms with Crippen molar-refractivity contribution in [3.63, 3.8) is 0 Å². The second-order valence-electron chi connectivity index (χ2n) is 8.11. The highest BCUT2D eigenvalue weighted by Crippen LogP contribution is 2.49. The summed E-state index contributed by atoms with van der Waals surface area (Å²) >= 11 is 0. The molecule has 2 aromatic carbocycles. The van der Waals surface area contributed by atoms with Crippen LogP contribution < -0.4 is 4.74 Å². The second kappa shape index (κ2) is 6.78. The maximum absolute atomic E-state index is 13.4. The van der Waals surface area contributed by atoms with Gasteiger partial charge in [0.05, 0.1) is 18.6 Å². The fourth-order valence-corrected chi connectivity index (χ4v) is 4.81. The van der Waals surface area contributed by atoms with Gasteiger partial charge in [-0.15, -0.1) is 0 Å². The molecule has 5 rings (SSSR count). The van der Waals surface area contributed by atoms with E-state index in [2.05, 4.69) is 0 Å². The Labute approximate surface area is 170 Å². The molecule has 0 radical (unpaired) electrons. The van der Waals surface area contributed by atoms with Gasteiger partial charge in [-0.3, -0.25) is 4.79 Å². The molecule has 1 amide bonds. The summed E-state index contributed by atoms with van der Waals surface area (Å²) in [5, 5.41) is 10.2. The number of ether oxygens (including phenoxy) is 1. The Morgan fingerprint density at radius 1 is 1.10 bits per heavy atom. The average molecular weight is 388 g/mol. The van der Waals surface area contributed by atoms with Crippen molar-refractivity contribution in [2.24, 2.45) is 12.5 Å². The number of carbonyl (C=O) groups excluding carboxylic acids is 1. The zero-order valence-electron chi connectivity index (χ0n) is 16.4. The molecule has 2 aliphatic rings. The standard InChI is InChI=1S/C24H24N2O3/c1-25-20(17-7-3-2-4-8-17)11-12-21(25)23(28)26-13-19-18-9-5-6-10-22(18)29-16-24(19,14-26)15-27/h2-12,19,27H,13-16H2,1H3. The van der Waals surface area contributed by atoms with Crippen molar-refractivity contribution in [2.45, 2.75) is 5.92 Å². The first-order chi connectivity index (χ1) is 14.1. The SMILES string of the molecule is Cn1c(C(=O)N2CC3c4ccccc4OCC3(CO)C2)ccc1-c1ccccc1. The van der Waals surface area contributed by atoms with Crippen LogP contribution in [0.2, 0.25) is 0 Å². The van der Waals surface area contributed by atoms with Crippen molar-refractivity contribution in [3.05, 3.63) is 78.0 Å². The number of hydrogen-bond acceptors (Lipinski definition) is 3. The number of para-hydroxylation sites is 1. The molecular formula is C24H24N2O3. The zero-order valence-corrected chi connectivity index (χ0v) is 16.4. The minimum atomic E-state index is -0.447. The minimum Gasteiger partial charge on any atom is -0.493 e. The Balaban J connectivity index is 1.46. The van der Waals surface area contributed by atoms with E-state index >= 15 is 0 Å². The maximum atomic E-state index is 13.4. The Morgan fingerprint density at radius 2 is 1.86 bits per heavy atom. The molecule has 148 valence electrons. The number of fused-ring (bicyclic) bond motifs is 3. The van der Waals surface area contributed by atoms with Crippen LogP contribution in [0.25, 0.3) is 11.3 Å². The van der Waals surface area contributed by atoms with E-state index < -0.39 is 5.41 Å². The van der Waals surface area contributed by atoms with E-state index in [4.69, 9.17) is 4.74 Å². The molecule has 1 saturated heterocycles. The number of carbonyl (C=O) groups is 1. The second-order valence-corrected chi connectivity index (χ2v) is 8.11. The van der Waals surface area contributed by atoms with Gasteiger partial charge in [0.1, 0.15) is 11.4 Å². The molecule has 3 aromatic rings. The quantitative estimate of drug-likeness (QED) is 0.749. The summed E-state index contributed by atoms with van der Waals surface area (Å²) in [7, 11) is 1.93. The number of likely N-dealkylation sites (tertiary alicyclic amines) is 1. The molecule has 2 atom stereocenters. The van der Waals surface area contributed by atoms with Crippen LogP contribution in [0.5, 0.6) is 5.75 Å². The monoisotopic (exact) mass is 388 g/mol. The highest BCUT2D eigenvalue weighted by molar-refractivity contribution is 5.94. The number of benzene rings is 2. The number of nitrogens with zero attached hydrogens (tertiary/aromatic N) is 2. The van der Waals surface area contributed by atoms with E-state index in [1.54, 1.807) is 0 Å². The van der Waals surface area contributed by atoms with Gasteiger partial charge in [0.2, 0.25) is 0 Å². The predicted octanol–water partition coefficient (Wildman–Crippen LogP) is 3.30. The van der Waals surface area contributed by atoms with Crippen LogP contribution in [0.4, 0.5) is 0 Å². The lowest BCUT2D eigenvalue weighted by molar-refractivity contribution is 0.0438. The normalized spacial score (nSPS) is 22.7. The highest BCUT2D eigenvalue weighted by Gasteiger charge is 2.52. The van der Waals surface area contributed by atoms with E-state index in [0.29, 0.717) is 25.4 Å². The van der Waals surface area contributed by atoms with Crippen LogP contribution in [-0.2, 0) is 7.05 Å². The summed E-state index contributed by atoms with van der Waals surface area (Å²) in [5.74, 6) is 0.936. The van der Waals surface area contributed by atoms with Gasteiger partial charge >= 0.3 is 0 Å². The van der Waals surface area contributed by atoms with Gasteiger partial charge in [-0.05, 0) is 29.3 Å². The van der Waals surface area contributed by atoms with E-state index in [1.807, 2.05) is 83.2 Å². The first-order valence-corrected chi connectivity index (χ1v) is 9.96. The van der Waals surface area contributed by atoms with Crippen molar-refractivity contribution >= 4 is 5.91 Å². The topological polar surface area (TPSA) is 54.7 Å². The lowest BCUT2D eigenvalue weighted by Gasteiger charge is -2.37. The zero-order chi connectivity index (χ0) is 20.0. The minimum absolute atomic E-state index is 0.00180. The summed E-state index contributed by atoms with van der Waals surface area (Å²) in [6.07, 6.45) is 0. The molecule has 5 nitrogen and oxygen atoms in total. The Kier molecular flexibility index (Phi) is 4.21. The van der Waals surface area contributed by atoms with E-state index in [0.717, 1.165) is 22.6 Å². The Hall–Kier alpha value is -3.05. The molecule has 0 saturated carbocycles. The Morgan fingerprint density at radius 3 is 2.66 bits per heavy atom. The number of amides is 1. The van der Waals surface area contributed by atoms with E-state index in [1.165, 1.54) is 0 Å². The predicted molar refractivity (Wildman–Crippen MR) is 111 cm³/mol. The van der Waals surface area contributed by atoms with Gasteiger partial charge in [-0.1, -0.05) is 48.5 Å². The number of aliphatic hydroxyl groups is 1.